The molecule has 1 aliphatic heterocycles. The Morgan fingerprint density at radius 1 is 0.667 bits per heavy atom. The van der Waals surface area contributed by atoms with Crippen molar-refractivity contribution in [1.82, 2.24) is 0 Å². The van der Waals surface area contributed by atoms with Crippen LogP contribution in [0.2, 0.25) is 0 Å². The number of hydrogen-bond donors (Lipinski definition) is 0. The summed E-state index contributed by atoms with van der Waals surface area (Å²) in [6, 6.07) is 0. The minimum absolute atomic E-state index is 0.353. The second-order valence-electron chi connectivity index (χ2n) is 9.62. The summed E-state index contributed by atoms with van der Waals surface area (Å²) in [5.41, 5.74) is -0.514. The van der Waals surface area contributed by atoms with Gasteiger partial charge in [0.25, 0.3) is 0 Å². The van der Waals surface area contributed by atoms with E-state index in [1.165, 1.54) is 109 Å². The third-order valence-corrected chi connectivity index (χ3v) is 6.79. The first-order valence-electron chi connectivity index (χ1n) is 13.6. The molecule has 0 aromatic heterocycles. The van der Waals surface area contributed by atoms with Crippen molar-refractivity contribution in [2.24, 2.45) is 0 Å². The molecule has 0 radical (unpaired) electrons. The summed E-state index contributed by atoms with van der Waals surface area (Å²) in [6.07, 6.45) is 31.2. The molecule has 1 unspecified atom stereocenters. The average molecular weight is 421 g/mol. The van der Waals surface area contributed by atoms with E-state index < -0.39 is 5.60 Å². The van der Waals surface area contributed by atoms with Gasteiger partial charge in [-0.3, -0.25) is 4.79 Å². The molecule has 0 N–H and O–H groups in total. The van der Waals surface area contributed by atoms with Crippen LogP contribution in [0.3, 0.4) is 0 Å². The Bertz CT molecular complexity index is 418. The Balaban J connectivity index is 2.07. The number of carbonyl (C=O) groups is 1. The number of carbonyl (C=O) groups excluding carboxylic acids is 1. The molecule has 1 heterocycles. The quantitative estimate of drug-likeness (QED) is 0.163. The average Bonchev–Trinajstić information content (AvgIpc) is 3.24. The van der Waals surface area contributed by atoms with Crippen molar-refractivity contribution < 1.29 is 9.53 Å². The molecule has 0 aromatic rings. The molecule has 2 nitrogen and oxygen atoms in total. The predicted molar refractivity (Wildman–Crippen MR) is 131 cm³/mol. The Labute approximate surface area is 188 Å². The highest BCUT2D eigenvalue weighted by Crippen LogP contribution is 2.32. The molecule has 1 atom stereocenters. The SMILES string of the molecule is CCCCCCCCCCCCC1(C(=O)CCCCCCCCCCC)CC=CO1. The molecule has 0 aliphatic carbocycles. The number of unbranched alkanes of at least 4 members (excludes halogenated alkanes) is 17. The summed E-state index contributed by atoms with van der Waals surface area (Å²) >= 11 is 0. The number of Topliss-reactive ketones (excluding diaryl/α,β-unsaturated/α-hetero) is 1. The van der Waals surface area contributed by atoms with Gasteiger partial charge in [-0.15, -0.1) is 0 Å². The van der Waals surface area contributed by atoms with E-state index in [1.807, 2.05) is 6.08 Å². The van der Waals surface area contributed by atoms with Crippen molar-refractivity contribution in [2.75, 3.05) is 0 Å². The maximum absolute atomic E-state index is 12.9. The lowest BCUT2D eigenvalue weighted by atomic mass is 9.86. The minimum Gasteiger partial charge on any atom is -0.487 e. The maximum Gasteiger partial charge on any atom is 0.176 e. The molecule has 0 saturated carbocycles. The standard InChI is InChI=1S/C28H52O2/c1-3-5-7-9-11-13-15-17-19-21-24-28(25-22-26-30-28)27(29)23-20-18-16-14-12-10-8-6-4-2/h22,26H,3-21,23-25H2,1-2H3. The lowest BCUT2D eigenvalue weighted by molar-refractivity contribution is -0.137. The Kier molecular flexibility index (Phi) is 17.2. The molecule has 0 aromatic carbocycles. The van der Waals surface area contributed by atoms with Crippen molar-refractivity contribution >= 4 is 5.78 Å². The number of rotatable bonds is 22. The molecule has 0 bridgehead atoms. The van der Waals surface area contributed by atoms with Gasteiger partial charge in [-0.25, -0.2) is 0 Å². The van der Waals surface area contributed by atoms with Crippen molar-refractivity contribution in [3.05, 3.63) is 12.3 Å². The Hall–Kier alpha value is -0.790. The summed E-state index contributed by atoms with van der Waals surface area (Å²) < 4.78 is 5.89. The van der Waals surface area contributed by atoms with Gasteiger partial charge in [-0.2, -0.15) is 0 Å². The van der Waals surface area contributed by atoms with E-state index in [4.69, 9.17) is 4.74 Å². The van der Waals surface area contributed by atoms with Crippen molar-refractivity contribution in [2.45, 2.75) is 161 Å². The first-order chi connectivity index (χ1) is 14.7. The topological polar surface area (TPSA) is 26.3 Å². The minimum atomic E-state index is -0.514. The third-order valence-electron chi connectivity index (χ3n) is 6.79. The third kappa shape index (κ3) is 12.8. The fraction of sp³-hybridized carbons (Fsp3) is 0.893. The molecule has 0 amide bonds. The monoisotopic (exact) mass is 420 g/mol. The van der Waals surface area contributed by atoms with Gasteiger partial charge in [0.15, 0.2) is 11.4 Å². The number of hydrogen-bond acceptors (Lipinski definition) is 2. The van der Waals surface area contributed by atoms with E-state index in [1.54, 1.807) is 6.26 Å². The van der Waals surface area contributed by atoms with E-state index in [0.29, 0.717) is 12.2 Å². The highest BCUT2D eigenvalue weighted by atomic mass is 16.5. The smallest absolute Gasteiger partial charge is 0.176 e. The summed E-state index contributed by atoms with van der Waals surface area (Å²) in [5.74, 6) is 0.353. The van der Waals surface area contributed by atoms with Gasteiger partial charge in [0.1, 0.15) is 0 Å². The summed E-state index contributed by atoms with van der Waals surface area (Å²) in [5, 5.41) is 0. The maximum atomic E-state index is 12.9. The molecule has 1 rings (SSSR count). The number of ether oxygens (including phenoxy) is 1. The zero-order chi connectivity index (χ0) is 21.8. The lowest BCUT2D eigenvalue weighted by Crippen LogP contribution is -2.37. The van der Waals surface area contributed by atoms with Crippen LogP contribution in [0.5, 0.6) is 0 Å². The largest absolute Gasteiger partial charge is 0.487 e. The lowest BCUT2D eigenvalue weighted by Gasteiger charge is -2.27. The molecule has 0 saturated heterocycles. The van der Waals surface area contributed by atoms with Crippen LogP contribution >= 0.6 is 0 Å². The van der Waals surface area contributed by atoms with Crippen LogP contribution in [0.15, 0.2) is 12.3 Å². The van der Waals surface area contributed by atoms with Gasteiger partial charge in [0.05, 0.1) is 6.26 Å². The van der Waals surface area contributed by atoms with Crippen LogP contribution in [0, 0.1) is 0 Å². The van der Waals surface area contributed by atoms with Gasteiger partial charge >= 0.3 is 0 Å². The van der Waals surface area contributed by atoms with Crippen LogP contribution in [-0.2, 0) is 9.53 Å². The van der Waals surface area contributed by atoms with E-state index in [2.05, 4.69) is 13.8 Å². The van der Waals surface area contributed by atoms with E-state index in [0.717, 1.165) is 25.7 Å². The van der Waals surface area contributed by atoms with Crippen LogP contribution < -0.4 is 0 Å². The molecule has 30 heavy (non-hydrogen) atoms. The molecule has 0 fully saturated rings. The Morgan fingerprint density at radius 2 is 1.10 bits per heavy atom. The summed E-state index contributed by atoms with van der Waals surface area (Å²) in [6.45, 7) is 4.54. The van der Waals surface area contributed by atoms with E-state index in [9.17, 15) is 4.79 Å². The van der Waals surface area contributed by atoms with Crippen LogP contribution in [0.1, 0.15) is 155 Å². The first-order valence-corrected chi connectivity index (χ1v) is 13.6. The highest BCUT2D eigenvalue weighted by molar-refractivity contribution is 5.88. The molecular formula is C28H52O2. The fourth-order valence-corrected chi connectivity index (χ4v) is 4.67. The molecule has 176 valence electrons. The van der Waals surface area contributed by atoms with Gasteiger partial charge < -0.3 is 4.74 Å². The van der Waals surface area contributed by atoms with Gasteiger partial charge in [-0.05, 0) is 25.3 Å². The van der Waals surface area contributed by atoms with Crippen LogP contribution in [0.25, 0.3) is 0 Å². The second kappa shape index (κ2) is 18.9. The zero-order valence-corrected chi connectivity index (χ0v) is 20.5. The highest BCUT2D eigenvalue weighted by Gasteiger charge is 2.39. The van der Waals surface area contributed by atoms with Crippen molar-refractivity contribution in [3.63, 3.8) is 0 Å². The summed E-state index contributed by atoms with van der Waals surface area (Å²) in [7, 11) is 0. The molecule has 0 spiro atoms. The summed E-state index contributed by atoms with van der Waals surface area (Å²) in [4.78, 5) is 12.9. The normalized spacial score (nSPS) is 18.1. The van der Waals surface area contributed by atoms with Gasteiger partial charge in [0.2, 0.25) is 0 Å². The van der Waals surface area contributed by atoms with E-state index >= 15 is 0 Å². The van der Waals surface area contributed by atoms with Crippen LogP contribution in [0.4, 0.5) is 0 Å². The van der Waals surface area contributed by atoms with Crippen molar-refractivity contribution in [1.29, 1.82) is 0 Å². The zero-order valence-electron chi connectivity index (χ0n) is 20.5. The molecular weight excluding hydrogens is 368 g/mol. The fourth-order valence-electron chi connectivity index (χ4n) is 4.67. The molecule has 2 heteroatoms. The van der Waals surface area contributed by atoms with Crippen molar-refractivity contribution in [3.8, 4) is 0 Å². The second-order valence-corrected chi connectivity index (χ2v) is 9.62. The molecule has 1 aliphatic rings. The first kappa shape index (κ1) is 27.2. The Morgan fingerprint density at radius 3 is 1.53 bits per heavy atom. The number of ketones is 1. The van der Waals surface area contributed by atoms with E-state index in [-0.39, 0.29) is 0 Å². The van der Waals surface area contributed by atoms with Gasteiger partial charge in [-0.1, -0.05) is 123 Å². The van der Waals surface area contributed by atoms with Crippen LogP contribution in [-0.4, -0.2) is 11.4 Å². The predicted octanol–water partition coefficient (Wildman–Crippen LogP) is 9.46. The van der Waals surface area contributed by atoms with Gasteiger partial charge in [0, 0.05) is 12.8 Å².